The van der Waals surface area contributed by atoms with E-state index in [-0.39, 0.29) is 50.4 Å². The SMILES string of the molecule is C[C@H](CC(=O)Oc1cc(S(=O)(=O)O)c2ccc3c(S(=O)(=O)O)cc(S(=O)(=O)O)c4ccc1c2c43)c1ccccc1. The second-order valence-corrected chi connectivity index (χ2v) is 13.4. The first-order valence-electron chi connectivity index (χ1n) is 11.5. The Labute approximate surface area is 228 Å². The number of benzene rings is 5. The van der Waals surface area contributed by atoms with Crippen LogP contribution in [0.15, 0.2) is 81.4 Å². The molecule has 0 saturated heterocycles. The van der Waals surface area contributed by atoms with Crippen LogP contribution >= 0.6 is 0 Å². The molecule has 0 radical (unpaired) electrons. The fourth-order valence-electron chi connectivity index (χ4n) is 4.90. The third kappa shape index (κ3) is 4.89. The van der Waals surface area contributed by atoms with E-state index < -0.39 is 51.0 Å². The zero-order chi connectivity index (χ0) is 29.2. The van der Waals surface area contributed by atoms with Gasteiger partial charge < -0.3 is 4.74 Å². The first kappa shape index (κ1) is 27.9. The summed E-state index contributed by atoms with van der Waals surface area (Å²) in [6, 6.07) is 15.4. The van der Waals surface area contributed by atoms with E-state index in [1.165, 1.54) is 12.1 Å². The minimum Gasteiger partial charge on any atom is -0.426 e. The average molecular weight is 605 g/mol. The number of rotatable bonds is 7. The van der Waals surface area contributed by atoms with Gasteiger partial charge in [0.1, 0.15) is 20.4 Å². The highest BCUT2D eigenvalue weighted by Gasteiger charge is 2.28. The molecule has 5 aromatic carbocycles. The summed E-state index contributed by atoms with van der Waals surface area (Å²) in [5.74, 6) is -1.32. The van der Waals surface area contributed by atoms with Crippen molar-refractivity contribution in [1.82, 2.24) is 0 Å². The van der Waals surface area contributed by atoms with Crippen molar-refractivity contribution in [3.05, 3.63) is 72.3 Å². The molecular formula is C26H20O11S3. The van der Waals surface area contributed by atoms with E-state index in [9.17, 15) is 43.7 Å². The van der Waals surface area contributed by atoms with Gasteiger partial charge in [0.25, 0.3) is 30.4 Å². The molecule has 0 aliphatic heterocycles. The normalized spacial score (nSPS) is 13.7. The van der Waals surface area contributed by atoms with Crippen LogP contribution in [0.25, 0.3) is 32.3 Å². The predicted octanol–water partition coefficient (Wildman–Crippen LogP) is 4.42. The van der Waals surface area contributed by atoms with Crippen LogP contribution in [0, 0.1) is 0 Å². The average Bonchev–Trinajstić information content (AvgIpc) is 2.86. The van der Waals surface area contributed by atoms with Gasteiger partial charge in [-0.05, 0) is 23.6 Å². The van der Waals surface area contributed by atoms with E-state index in [2.05, 4.69) is 0 Å². The van der Waals surface area contributed by atoms with E-state index >= 15 is 0 Å². The molecular weight excluding hydrogens is 584 g/mol. The lowest BCUT2D eigenvalue weighted by Crippen LogP contribution is -2.13. The summed E-state index contributed by atoms with van der Waals surface area (Å²) >= 11 is 0. The van der Waals surface area contributed by atoms with Crippen molar-refractivity contribution < 1.29 is 48.4 Å². The molecule has 40 heavy (non-hydrogen) atoms. The molecule has 0 aliphatic rings. The summed E-state index contributed by atoms with van der Waals surface area (Å²) in [7, 11) is -15.0. The Balaban J connectivity index is 1.82. The van der Waals surface area contributed by atoms with Gasteiger partial charge in [-0.2, -0.15) is 25.3 Å². The van der Waals surface area contributed by atoms with Gasteiger partial charge in [0.05, 0.1) is 6.42 Å². The quantitative estimate of drug-likeness (QED) is 0.103. The molecule has 0 spiro atoms. The minimum absolute atomic E-state index is 0.0787. The van der Waals surface area contributed by atoms with E-state index in [1.807, 2.05) is 18.2 Å². The standard InChI is InChI=1S/C26H20O11S3/c1-14(15-5-3-2-4-6-15)11-24(27)37-20-12-21(38(28,29)30)17-9-10-19-23(40(34,35)36)13-22(39(31,32)33)18-8-7-16(20)25(17)26(18)19/h2-10,12-14H,11H2,1H3,(H,28,29,30)(H,31,32,33)(H,34,35,36)/t14-/m1/s1. The fourth-order valence-corrected chi connectivity index (χ4v) is 7.11. The van der Waals surface area contributed by atoms with Crippen molar-refractivity contribution in [2.24, 2.45) is 0 Å². The summed E-state index contributed by atoms with van der Waals surface area (Å²) in [6.07, 6.45) is -0.104. The van der Waals surface area contributed by atoms with Gasteiger partial charge in [0, 0.05) is 38.4 Å². The van der Waals surface area contributed by atoms with Crippen molar-refractivity contribution >= 4 is 68.6 Å². The Morgan fingerprint density at radius 3 is 1.57 bits per heavy atom. The van der Waals surface area contributed by atoms with E-state index in [0.29, 0.717) is 6.07 Å². The zero-order valence-electron chi connectivity index (χ0n) is 20.5. The van der Waals surface area contributed by atoms with Crippen LogP contribution in [-0.2, 0) is 35.1 Å². The van der Waals surface area contributed by atoms with Gasteiger partial charge in [-0.15, -0.1) is 0 Å². The number of carbonyl (C=O) groups is 1. The fraction of sp³-hybridized carbons (Fsp3) is 0.115. The third-order valence-corrected chi connectivity index (χ3v) is 9.33. The molecule has 0 aromatic heterocycles. The maximum absolute atomic E-state index is 12.9. The highest BCUT2D eigenvalue weighted by Crippen LogP contribution is 2.45. The summed E-state index contributed by atoms with van der Waals surface area (Å²) in [6.45, 7) is 1.79. The van der Waals surface area contributed by atoms with Gasteiger partial charge in [-0.1, -0.05) is 55.5 Å². The Morgan fingerprint density at radius 2 is 1.10 bits per heavy atom. The van der Waals surface area contributed by atoms with Crippen LogP contribution in [0.4, 0.5) is 0 Å². The highest BCUT2D eigenvalue weighted by molar-refractivity contribution is 7.87. The van der Waals surface area contributed by atoms with Gasteiger partial charge in [0.2, 0.25) is 0 Å². The van der Waals surface area contributed by atoms with Gasteiger partial charge in [0.15, 0.2) is 0 Å². The lowest BCUT2D eigenvalue weighted by molar-refractivity contribution is -0.134. The highest BCUT2D eigenvalue weighted by atomic mass is 32.2. The van der Waals surface area contributed by atoms with Crippen LogP contribution in [0.1, 0.15) is 24.8 Å². The van der Waals surface area contributed by atoms with Crippen LogP contribution < -0.4 is 4.74 Å². The maximum atomic E-state index is 12.9. The Kier molecular flexibility index (Phi) is 6.60. The molecule has 3 N–H and O–H groups in total. The third-order valence-electron chi connectivity index (χ3n) is 6.65. The molecule has 0 unspecified atom stereocenters. The molecule has 0 fully saturated rings. The van der Waals surface area contributed by atoms with E-state index in [1.54, 1.807) is 19.1 Å². The van der Waals surface area contributed by atoms with Gasteiger partial charge in [-0.3, -0.25) is 18.5 Å². The van der Waals surface area contributed by atoms with Gasteiger partial charge in [-0.25, -0.2) is 0 Å². The van der Waals surface area contributed by atoms with Crippen molar-refractivity contribution in [3.8, 4) is 5.75 Å². The lowest BCUT2D eigenvalue weighted by atomic mass is 9.93. The van der Waals surface area contributed by atoms with E-state index in [4.69, 9.17) is 4.74 Å². The Morgan fingerprint density at radius 1 is 0.675 bits per heavy atom. The van der Waals surface area contributed by atoms with Crippen LogP contribution in [0.5, 0.6) is 5.75 Å². The summed E-state index contributed by atoms with van der Waals surface area (Å²) in [5, 5.41) is -0.731. The van der Waals surface area contributed by atoms with Crippen LogP contribution in [-0.4, -0.2) is 44.9 Å². The van der Waals surface area contributed by atoms with Crippen molar-refractivity contribution in [3.63, 3.8) is 0 Å². The van der Waals surface area contributed by atoms with Crippen LogP contribution in [0.3, 0.4) is 0 Å². The first-order chi connectivity index (χ1) is 18.6. The maximum Gasteiger partial charge on any atom is 0.311 e. The molecule has 0 aliphatic carbocycles. The van der Waals surface area contributed by atoms with Crippen LogP contribution in [0.2, 0.25) is 0 Å². The second-order valence-electron chi connectivity index (χ2n) is 9.23. The first-order valence-corrected chi connectivity index (χ1v) is 15.9. The molecule has 1 atom stereocenters. The molecule has 0 saturated carbocycles. The summed E-state index contributed by atoms with van der Waals surface area (Å²) in [4.78, 5) is 10.5. The van der Waals surface area contributed by atoms with Crippen molar-refractivity contribution in [1.29, 1.82) is 0 Å². The molecule has 0 amide bonds. The summed E-state index contributed by atoms with van der Waals surface area (Å²) < 4.78 is 109. The number of hydrogen-bond donors (Lipinski definition) is 3. The van der Waals surface area contributed by atoms with Gasteiger partial charge >= 0.3 is 5.97 Å². The van der Waals surface area contributed by atoms with E-state index in [0.717, 1.165) is 23.8 Å². The molecule has 5 rings (SSSR count). The molecule has 0 heterocycles. The van der Waals surface area contributed by atoms with Crippen molar-refractivity contribution in [2.45, 2.75) is 33.9 Å². The Bertz CT molecular complexity index is 2100. The number of esters is 1. The topological polar surface area (TPSA) is 189 Å². The smallest absolute Gasteiger partial charge is 0.311 e. The number of hydrogen-bond acceptors (Lipinski definition) is 8. The second kappa shape index (κ2) is 9.47. The number of ether oxygens (including phenoxy) is 1. The molecule has 5 aromatic rings. The molecule has 208 valence electrons. The monoisotopic (exact) mass is 604 g/mol. The molecule has 0 bridgehead atoms. The lowest BCUT2D eigenvalue weighted by Gasteiger charge is -2.19. The Hall–Kier alpha value is -3.66. The molecule has 14 heteroatoms. The zero-order valence-corrected chi connectivity index (χ0v) is 22.9. The largest absolute Gasteiger partial charge is 0.426 e. The minimum atomic E-state index is -5.05. The van der Waals surface area contributed by atoms with Crippen molar-refractivity contribution in [2.75, 3.05) is 0 Å². The summed E-state index contributed by atoms with van der Waals surface area (Å²) in [5.41, 5.74) is 0.851. The predicted molar refractivity (Wildman–Crippen MR) is 145 cm³/mol. The molecule has 11 nitrogen and oxygen atoms in total. The number of carbonyl (C=O) groups excluding carboxylic acids is 1.